The second-order valence-electron chi connectivity index (χ2n) is 6.21. The summed E-state index contributed by atoms with van der Waals surface area (Å²) < 4.78 is 0. The van der Waals surface area contributed by atoms with Gasteiger partial charge in [-0.15, -0.1) is 0 Å². The first-order valence-corrected chi connectivity index (χ1v) is 10.9. The number of aliphatic hydroxyl groups is 1. The van der Waals surface area contributed by atoms with Crippen LogP contribution in [0.5, 0.6) is 0 Å². The Morgan fingerprint density at radius 1 is 0.933 bits per heavy atom. The molecular weight excluding hydrogens is 440 g/mol. The molecule has 0 aromatic carbocycles. The molecule has 0 heterocycles. The van der Waals surface area contributed by atoms with Crippen molar-refractivity contribution >= 4 is 54.1 Å². The molecule has 0 aliphatic heterocycles. The highest BCUT2D eigenvalue weighted by Gasteiger charge is 2.30. The third kappa shape index (κ3) is 10.7. The van der Waals surface area contributed by atoms with Crippen molar-refractivity contribution in [2.24, 2.45) is 5.73 Å². The van der Waals surface area contributed by atoms with Crippen LogP contribution in [0.4, 0.5) is 0 Å². The van der Waals surface area contributed by atoms with Crippen LogP contribution in [0.1, 0.15) is 19.3 Å². The summed E-state index contributed by atoms with van der Waals surface area (Å²) in [5.74, 6) is -4.66. The van der Waals surface area contributed by atoms with E-state index < -0.39 is 66.9 Å². The van der Waals surface area contributed by atoms with Gasteiger partial charge < -0.3 is 37.0 Å². The monoisotopic (exact) mass is 468 g/mol. The van der Waals surface area contributed by atoms with E-state index in [4.69, 9.17) is 10.8 Å². The van der Waals surface area contributed by atoms with Crippen molar-refractivity contribution in [1.82, 2.24) is 16.0 Å². The first kappa shape index (κ1) is 28.0. The molecule has 4 atom stereocenters. The third-order valence-corrected chi connectivity index (χ3v) is 4.89. The third-order valence-electron chi connectivity index (χ3n) is 3.85. The highest BCUT2D eigenvalue weighted by molar-refractivity contribution is 7.98. The van der Waals surface area contributed by atoms with Gasteiger partial charge in [0, 0.05) is 12.2 Å². The Morgan fingerprint density at radius 2 is 1.47 bits per heavy atom. The number of thiol groups is 1. The Morgan fingerprint density at radius 3 is 1.93 bits per heavy atom. The fourth-order valence-corrected chi connectivity index (χ4v) is 2.77. The molecule has 0 aromatic rings. The van der Waals surface area contributed by atoms with Crippen molar-refractivity contribution < 1.29 is 39.3 Å². The molecule has 14 heteroatoms. The SMILES string of the molecule is CSCCC(NC(=O)C(CO)NC(=O)C(CCC(=O)O)NC(=O)C(N)CS)C(=O)O. The minimum absolute atomic E-state index is 0.0204. The van der Waals surface area contributed by atoms with Gasteiger partial charge in [0.25, 0.3) is 0 Å². The van der Waals surface area contributed by atoms with Crippen LogP contribution in [0.15, 0.2) is 0 Å². The number of carbonyl (C=O) groups is 5. The molecule has 4 unspecified atom stereocenters. The summed E-state index contributed by atoms with van der Waals surface area (Å²) in [4.78, 5) is 58.8. The zero-order chi connectivity index (χ0) is 23.3. The van der Waals surface area contributed by atoms with Crippen LogP contribution in [0, 0.1) is 0 Å². The van der Waals surface area contributed by atoms with Gasteiger partial charge in [0.2, 0.25) is 17.7 Å². The van der Waals surface area contributed by atoms with Crippen molar-refractivity contribution in [3.8, 4) is 0 Å². The number of aliphatic carboxylic acids is 2. The van der Waals surface area contributed by atoms with Crippen LogP contribution in [0.3, 0.4) is 0 Å². The van der Waals surface area contributed by atoms with Gasteiger partial charge in [-0.3, -0.25) is 19.2 Å². The molecule has 0 spiro atoms. The molecule has 0 saturated heterocycles. The number of carboxylic acid groups (broad SMARTS) is 2. The topological polar surface area (TPSA) is 208 Å². The standard InChI is InChI=1S/C16H28N4O8S2/c1-30-5-4-10(16(27)28)19-15(26)11(6-21)20-14(25)9(2-3-12(22)23)18-13(24)8(17)7-29/h8-11,21,29H,2-7,17H2,1H3,(H,18,24)(H,19,26)(H,20,25)(H,22,23)(H,27,28). The lowest BCUT2D eigenvalue weighted by Crippen LogP contribution is -2.58. The minimum Gasteiger partial charge on any atom is -0.481 e. The van der Waals surface area contributed by atoms with Gasteiger partial charge in [-0.25, -0.2) is 4.79 Å². The normalized spacial score (nSPS) is 14.7. The summed E-state index contributed by atoms with van der Waals surface area (Å²) in [7, 11) is 0. The predicted octanol–water partition coefficient (Wildman–Crippen LogP) is -2.61. The second-order valence-corrected chi connectivity index (χ2v) is 7.56. The van der Waals surface area contributed by atoms with Gasteiger partial charge in [-0.05, 0) is 24.9 Å². The highest BCUT2D eigenvalue weighted by atomic mass is 32.2. The zero-order valence-corrected chi connectivity index (χ0v) is 18.1. The van der Waals surface area contributed by atoms with E-state index in [0.29, 0.717) is 5.75 Å². The van der Waals surface area contributed by atoms with Crippen molar-refractivity contribution in [3.63, 3.8) is 0 Å². The molecule has 0 bridgehead atoms. The average molecular weight is 469 g/mol. The number of nitrogens with one attached hydrogen (secondary N) is 3. The van der Waals surface area contributed by atoms with Gasteiger partial charge in [-0.2, -0.15) is 24.4 Å². The van der Waals surface area contributed by atoms with Crippen LogP contribution >= 0.6 is 24.4 Å². The van der Waals surface area contributed by atoms with E-state index in [1.54, 1.807) is 6.26 Å². The summed E-state index contributed by atoms with van der Waals surface area (Å²) in [5, 5.41) is 34.1. The zero-order valence-electron chi connectivity index (χ0n) is 16.4. The van der Waals surface area contributed by atoms with Crippen LogP contribution < -0.4 is 21.7 Å². The van der Waals surface area contributed by atoms with E-state index in [2.05, 4.69) is 28.6 Å². The number of nitrogens with two attached hydrogens (primary N) is 1. The smallest absolute Gasteiger partial charge is 0.326 e. The van der Waals surface area contributed by atoms with E-state index >= 15 is 0 Å². The summed E-state index contributed by atoms with van der Waals surface area (Å²) in [6, 6.07) is -5.10. The maximum atomic E-state index is 12.5. The molecule has 8 N–H and O–H groups in total. The summed E-state index contributed by atoms with van der Waals surface area (Å²) in [5.41, 5.74) is 5.52. The fraction of sp³-hybridized carbons (Fsp3) is 0.688. The number of amides is 3. The molecule has 172 valence electrons. The lowest BCUT2D eigenvalue weighted by molar-refractivity contribution is -0.142. The molecule has 12 nitrogen and oxygen atoms in total. The van der Waals surface area contributed by atoms with Crippen molar-refractivity contribution in [2.75, 3.05) is 24.4 Å². The quantitative estimate of drug-likeness (QED) is 0.117. The molecule has 0 saturated carbocycles. The molecule has 0 radical (unpaired) electrons. The Labute approximate surface area is 183 Å². The fourth-order valence-electron chi connectivity index (χ4n) is 2.13. The van der Waals surface area contributed by atoms with Crippen molar-refractivity contribution in [3.05, 3.63) is 0 Å². The summed E-state index contributed by atoms with van der Waals surface area (Å²) in [6.07, 6.45) is 1.15. The van der Waals surface area contributed by atoms with E-state index in [0.717, 1.165) is 0 Å². The van der Waals surface area contributed by atoms with Gasteiger partial charge >= 0.3 is 11.9 Å². The first-order chi connectivity index (χ1) is 14.1. The average Bonchev–Trinajstić information content (AvgIpc) is 2.70. The van der Waals surface area contributed by atoms with Gasteiger partial charge in [-0.1, -0.05) is 0 Å². The molecule has 0 fully saturated rings. The minimum atomic E-state index is -1.50. The number of carbonyl (C=O) groups excluding carboxylic acids is 3. The number of rotatable bonds is 15. The maximum Gasteiger partial charge on any atom is 0.326 e. The molecule has 0 aliphatic carbocycles. The number of hydrogen-bond donors (Lipinski definition) is 8. The molecule has 0 aromatic heterocycles. The summed E-state index contributed by atoms with van der Waals surface area (Å²) >= 11 is 5.25. The molecule has 3 amide bonds. The van der Waals surface area contributed by atoms with Gasteiger partial charge in [0.15, 0.2) is 0 Å². The van der Waals surface area contributed by atoms with Crippen LogP contribution in [0.25, 0.3) is 0 Å². The van der Waals surface area contributed by atoms with E-state index in [1.807, 2.05) is 0 Å². The van der Waals surface area contributed by atoms with E-state index in [-0.39, 0.29) is 18.6 Å². The van der Waals surface area contributed by atoms with Crippen LogP contribution in [0.2, 0.25) is 0 Å². The maximum absolute atomic E-state index is 12.5. The Hall–Kier alpha value is -2.03. The lowest BCUT2D eigenvalue weighted by atomic mass is 10.1. The van der Waals surface area contributed by atoms with E-state index in [1.165, 1.54) is 11.8 Å². The summed E-state index contributed by atoms with van der Waals surface area (Å²) in [6.45, 7) is -0.845. The van der Waals surface area contributed by atoms with Crippen molar-refractivity contribution in [2.45, 2.75) is 43.4 Å². The Kier molecular flexibility index (Phi) is 13.9. The number of aliphatic hydroxyl groups excluding tert-OH is 1. The van der Waals surface area contributed by atoms with Crippen LogP contribution in [-0.4, -0.2) is 93.5 Å². The molecular formula is C16H28N4O8S2. The number of thioether (sulfide) groups is 1. The molecule has 0 aliphatic rings. The lowest BCUT2D eigenvalue weighted by Gasteiger charge is -2.24. The van der Waals surface area contributed by atoms with Gasteiger partial charge in [0.1, 0.15) is 18.1 Å². The largest absolute Gasteiger partial charge is 0.481 e. The Bertz CT molecular complexity index is 622. The second kappa shape index (κ2) is 14.9. The van der Waals surface area contributed by atoms with Crippen molar-refractivity contribution in [1.29, 1.82) is 0 Å². The molecule has 0 rings (SSSR count). The highest BCUT2D eigenvalue weighted by Crippen LogP contribution is 2.03. The molecule has 30 heavy (non-hydrogen) atoms. The Balaban J connectivity index is 5.19. The number of hydrogen-bond acceptors (Lipinski definition) is 9. The van der Waals surface area contributed by atoms with Crippen LogP contribution in [-0.2, 0) is 24.0 Å². The predicted molar refractivity (Wildman–Crippen MR) is 112 cm³/mol. The van der Waals surface area contributed by atoms with E-state index in [9.17, 15) is 34.2 Å². The first-order valence-electron chi connectivity index (χ1n) is 8.89. The van der Waals surface area contributed by atoms with Gasteiger partial charge in [0.05, 0.1) is 12.6 Å². The number of carboxylic acids is 2.